The molecule has 20 heavy (non-hydrogen) atoms. The van der Waals surface area contributed by atoms with Crippen molar-refractivity contribution in [2.45, 2.75) is 57.2 Å². The first kappa shape index (κ1) is 14.6. The Morgan fingerprint density at radius 1 is 1.20 bits per heavy atom. The van der Waals surface area contributed by atoms with Gasteiger partial charge in [0.1, 0.15) is 0 Å². The van der Waals surface area contributed by atoms with Crippen LogP contribution in [0, 0.1) is 5.41 Å². The highest BCUT2D eigenvalue weighted by Gasteiger charge is 2.49. The van der Waals surface area contributed by atoms with Crippen LogP contribution in [0.15, 0.2) is 28.7 Å². The molecule has 0 heterocycles. The van der Waals surface area contributed by atoms with Gasteiger partial charge >= 0.3 is 0 Å². The van der Waals surface area contributed by atoms with E-state index in [1.165, 1.54) is 22.9 Å². The quantitative estimate of drug-likeness (QED) is 0.893. The van der Waals surface area contributed by atoms with Crippen molar-refractivity contribution in [1.82, 2.24) is 5.32 Å². The lowest BCUT2D eigenvalue weighted by molar-refractivity contribution is -0.103. The molecule has 2 saturated carbocycles. The van der Waals surface area contributed by atoms with Crippen molar-refractivity contribution < 1.29 is 4.74 Å². The lowest BCUT2D eigenvalue weighted by atomic mass is 9.63. The van der Waals surface area contributed by atoms with Crippen LogP contribution in [0.25, 0.3) is 0 Å². The van der Waals surface area contributed by atoms with E-state index in [1.807, 2.05) is 7.11 Å². The van der Waals surface area contributed by atoms with E-state index in [0.29, 0.717) is 24.1 Å². The lowest BCUT2D eigenvalue weighted by Crippen LogP contribution is -2.63. The predicted octanol–water partition coefficient (Wildman–Crippen LogP) is 4.10. The number of rotatable bonds is 4. The van der Waals surface area contributed by atoms with Crippen LogP contribution in [-0.2, 0) is 4.74 Å². The van der Waals surface area contributed by atoms with Crippen molar-refractivity contribution in [3.8, 4) is 0 Å². The maximum Gasteiger partial charge on any atom is 0.0652 e. The average Bonchev–Trinajstić information content (AvgIpc) is 2.37. The first-order chi connectivity index (χ1) is 9.52. The second-order valence-corrected chi connectivity index (χ2v) is 7.74. The SMILES string of the molecule is COC1CC(NC2CC(c3ccccc3Br)C2)C1(C)C. The molecule has 2 fully saturated rings. The smallest absolute Gasteiger partial charge is 0.0652 e. The highest BCUT2D eigenvalue weighted by atomic mass is 79.9. The van der Waals surface area contributed by atoms with E-state index in [2.05, 4.69) is 59.4 Å². The minimum Gasteiger partial charge on any atom is -0.381 e. The minimum atomic E-state index is 0.271. The van der Waals surface area contributed by atoms with Crippen LogP contribution in [0.3, 0.4) is 0 Å². The average molecular weight is 338 g/mol. The highest BCUT2D eigenvalue weighted by Crippen LogP contribution is 2.45. The van der Waals surface area contributed by atoms with Crippen LogP contribution in [0.2, 0.25) is 0 Å². The van der Waals surface area contributed by atoms with Gasteiger partial charge in [-0.2, -0.15) is 0 Å². The lowest BCUT2D eigenvalue weighted by Gasteiger charge is -2.54. The fourth-order valence-electron chi connectivity index (χ4n) is 3.67. The van der Waals surface area contributed by atoms with E-state index in [4.69, 9.17) is 4.74 Å². The number of methoxy groups -OCH3 is 1. The molecular weight excluding hydrogens is 314 g/mol. The fraction of sp³-hybridized carbons (Fsp3) is 0.647. The summed E-state index contributed by atoms with van der Waals surface area (Å²) in [5, 5.41) is 3.83. The summed E-state index contributed by atoms with van der Waals surface area (Å²) in [5.41, 5.74) is 1.74. The summed E-state index contributed by atoms with van der Waals surface area (Å²) in [6.45, 7) is 4.62. The van der Waals surface area contributed by atoms with Crippen LogP contribution in [0.5, 0.6) is 0 Å². The van der Waals surface area contributed by atoms with Gasteiger partial charge in [0.05, 0.1) is 6.10 Å². The van der Waals surface area contributed by atoms with Gasteiger partial charge < -0.3 is 10.1 Å². The number of hydrogen-bond donors (Lipinski definition) is 1. The zero-order chi connectivity index (χ0) is 14.3. The molecule has 1 aromatic carbocycles. The Hall–Kier alpha value is -0.380. The van der Waals surface area contributed by atoms with Gasteiger partial charge in [-0.3, -0.25) is 0 Å². The van der Waals surface area contributed by atoms with E-state index in [0.717, 1.165) is 6.42 Å². The molecule has 2 nitrogen and oxygen atoms in total. The minimum absolute atomic E-state index is 0.271. The number of benzene rings is 1. The zero-order valence-corrected chi connectivity index (χ0v) is 14.1. The zero-order valence-electron chi connectivity index (χ0n) is 12.5. The Balaban J connectivity index is 1.51. The normalized spacial score (nSPS) is 35.2. The van der Waals surface area contributed by atoms with Gasteiger partial charge in [0.15, 0.2) is 0 Å². The molecule has 2 aliphatic rings. The van der Waals surface area contributed by atoms with Crippen molar-refractivity contribution in [3.05, 3.63) is 34.3 Å². The van der Waals surface area contributed by atoms with Gasteiger partial charge in [-0.25, -0.2) is 0 Å². The molecule has 0 spiro atoms. The Bertz CT molecular complexity index is 482. The van der Waals surface area contributed by atoms with Gasteiger partial charge in [-0.15, -0.1) is 0 Å². The maximum atomic E-state index is 5.52. The van der Waals surface area contributed by atoms with Gasteiger partial charge in [0.2, 0.25) is 0 Å². The third-order valence-electron chi connectivity index (χ3n) is 5.38. The summed E-state index contributed by atoms with van der Waals surface area (Å²) in [5.74, 6) is 0.712. The molecule has 1 N–H and O–H groups in total. The topological polar surface area (TPSA) is 21.3 Å². The monoisotopic (exact) mass is 337 g/mol. The molecule has 2 atom stereocenters. The largest absolute Gasteiger partial charge is 0.381 e. The van der Waals surface area contributed by atoms with Crippen LogP contribution in [-0.4, -0.2) is 25.3 Å². The summed E-state index contributed by atoms with van der Waals surface area (Å²) in [6, 6.07) is 9.91. The maximum absolute atomic E-state index is 5.52. The number of nitrogens with one attached hydrogen (secondary N) is 1. The van der Waals surface area contributed by atoms with E-state index in [-0.39, 0.29) is 5.41 Å². The van der Waals surface area contributed by atoms with Gasteiger partial charge in [-0.1, -0.05) is 48.0 Å². The standard InChI is InChI=1S/C17H24BrNO/c1-17(2)15(10-16(17)20-3)19-12-8-11(9-12)13-6-4-5-7-14(13)18/h4-7,11-12,15-16,19H,8-10H2,1-3H3. The van der Waals surface area contributed by atoms with Crippen LogP contribution >= 0.6 is 15.9 Å². The van der Waals surface area contributed by atoms with Crippen LogP contribution in [0.4, 0.5) is 0 Å². The molecular formula is C17H24BrNO. The van der Waals surface area contributed by atoms with Crippen molar-refractivity contribution in [3.63, 3.8) is 0 Å². The Labute approximate surface area is 130 Å². The Kier molecular flexibility index (Phi) is 3.95. The molecule has 2 aliphatic carbocycles. The van der Waals surface area contributed by atoms with Crippen LogP contribution < -0.4 is 5.32 Å². The molecule has 0 saturated heterocycles. The molecule has 3 heteroatoms. The van der Waals surface area contributed by atoms with Crippen molar-refractivity contribution in [2.24, 2.45) is 5.41 Å². The number of ether oxygens (including phenoxy) is 1. The molecule has 110 valence electrons. The summed E-state index contributed by atoms with van der Waals surface area (Å²) < 4.78 is 6.78. The molecule has 0 radical (unpaired) electrons. The second-order valence-electron chi connectivity index (χ2n) is 6.89. The second kappa shape index (κ2) is 5.43. The predicted molar refractivity (Wildman–Crippen MR) is 86.0 cm³/mol. The van der Waals surface area contributed by atoms with E-state index < -0.39 is 0 Å². The molecule has 0 aromatic heterocycles. The van der Waals surface area contributed by atoms with Gasteiger partial charge in [-0.05, 0) is 36.8 Å². The molecule has 0 amide bonds. The summed E-state index contributed by atoms with van der Waals surface area (Å²) in [6.07, 6.45) is 4.08. The third kappa shape index (κ3) is 2.44. The summed E-state index contributed by atoms with van der Waals surface area (Å²) >= 11 is 3.67. The Morgan fingerprint density at radius 3 is 2.50 bits per heavy atom. The van der Waals surface area contributed by atoms with Crippen LogP contribution in [0.1, 0.15) is 44.6 Å². The number of hydrogen-bond acceptors (Lipinski definition) is 2. The highest BCUT2D eigenvalue weighted by molar-refractivity contribution is 9.10. The first-order valence-electron chi connectivity index (χ1n) is 7.55. The molecule has 3 rings (SSSR count). The fourth-order valence-corrected chi connectivity index (χ4v) is 4.28. The first-order valence-corrected chi connectivity index (χ1v) is 8.35. The molecule has 1 aromatic rings. The van der Waals surface area contributed by atoms with Gasteiger partial charge in [0.25, 0.3) is 0 Å². The van der Waals surface area contributed by atoms with Crippen molar-refractivity contribution >= 4 is 15.9 Å². The van der Waals surface area contributed by atoms with E-state index in [1.54, 1.807) is 0 Å². The molecule has 0 aliphatic heterocycles. The van der Waals surface area contributed by atoms with Gasteiger partial charge in [0, 0.05) is 29.1 Å². The third-order valence-corrected chi connectivity index (χ3v) is 6.10. The van der Waals surface area contributed by atoms with Crippen molar-refractivity contribution in [1.29, 1.82) is 0 Å². The molecule has 0 bridgehead atoms. The van der Waals surface area contributed by atoms with E-state index >= 15 is 0 Å². The number of halogens is 1. The molecule has 2 unspecified atom stereocenters. The summed E-state index contributed by atoms with van der Waals surface area (Å²) in [4.78, 5) is 0. The van der Waals surface area contributed by atoms with E-state index in [9.17, 15) is 0 Å². The summed E-state index contributed by atoms with van der Waals surface area (Å²) in [7, 11) is 1.83. The Morgan fingerprint density at radius 2 is 1.90 bits per heavy atom. The van der Waals surface area contributed by atoms with Crippen molar-refractivity contribution in [2.75, 3.05) is 7.11 Å².